The Morgan fingerprint density at radius 3 is 2.62 bits per heavy atom. The molecule has 2 aromatic heterocycles. The van der Waals surface area contributed by atoms with E-state index in [-0.39, 0.29) is 11.6 Å². The number of hydrogen-bond acceptors (Lipinski definition) is 6. The molecular weight excluding hydrogens is 525 g/mol. The topological polar surface area (TPSA) is 89.3 Å². The van der Waals surface area contributed by atoms with Crippen molar-refractivity contribution >= 4 is 40.3 Å². The highest BCUT2D eigenvalue weighted by molar-refractivity contribution is 7.17. The Hall–Kier alpha value is -4.55. The number of nitrogens with one attached hydrogen (secondary N) is 1. The van der Waals surface area contributed by atoms with E-state index < -0.39 is 11.7 Å². The van der Waals surface area contributed by atoms with Crippen molar-refractivity contribution < 1.29 is 14.0 Å². The number of nitriles is 1. The molecule has 4 aromatic rings. The first-order valence-electron chi connectivity index (χ1n) is 13.2. The summed E-state index contributed by atoms with van der Waals surface area (Å²) in [5, 5.41) is 12.3. The fraction of sp³-hybridized carbons (Fsp3) is 0.226. The molecule has 1 fully saturated rings. The number of hydrogen-bond donors (Lipinski definition) is 1. The molecule has 40 heavy (non-hydrogen) atoms. The van der Waals surface area contributed by atoms with Crippen LogP contribution in [0.5, 0.6) is 0 Å². The van der Waals surface area contributed by atoms with Crippen LogP contribution in [0.4, 0.5) is 21.6 Å². The molecule has 1 saturated heterocycles. The maximum absolute atomic E-state index is 14.4. The molecule has 0 radical (unpaired) electrons. The number of fused-ring (bicyclic) bond motifs is 3. The van der Waals surface area contributed by atoms with E-state index in [2.05, 4.69) is 16.3 Å². The minimum Gasteiger partial charge on any atom is -0.357 e. The molecule has 9 heteroatoms. The zero-order chi connectivity index (χ0) is 27.8. The average molecular weight is 552 g/mol. The van der Waals surface area contributed by atoms with Gasteiger partial charge >= 0.3 is 0 Å². The number of anilines is 3. The Labute approximate surface area is 235 Å². The Kier molecular flexibility index (Phi) is 6.78. The lowest BCUT2D eigenvalue weighted by Gasteiger charge is -2.24. The van der Waals surface area contributed by atoms with Gasteiger partial charge in [-0.25, -0.2) is 9.37 Å². The van der Waals surface area contributed by atoms with E-state index >= 15 is 0 Å². The second kappa shape index (κ2) is 10.5. The number of benzene rings is 2. The first-order valence-corrected chi connectivity index (χ1v) is 14.0. The summed E-state index contributed by atoms with van der Waals surface area (Å²) in [4.78, 5) is 36.9. The van der Waals surface area contributed by atoms with Crippen LogP contribution in [0.25, 0.3) is 10.4 Å². The molecule has 0 spiro atoms. The maximum atomic E-state index is 14.4. The van der Waals surface area contributed by atoms with Crippen LogP contribution in [0.3, 0.4) is 0 Å². The van der Waals surface area contributed by atoms with Crippen LogP contribution in [0.2, 0.25) is 0 Å². The lowest BCUT2D eigenvalue weighted by molar-refractivity contribution is 0.0981. The van der Waals surface area contributed by atoms with Crippen LogP contribution in [-0.4, -0.2) is 36.4 Å². The van der Waals surface area contributed by atoms with Crippen LogP contribution in [0, 0.1) is 24.1 Å². The van der Waals surface area contributed by atoms with Crippen LogP contribution in [0.15, 0.2) is 60.7 Å². The van der Waals surface area contributed by atoms with Gasteiger partial charge in [0.2, 0.25) is 0 Å². The van der Waals surface area contributed by atoms with Gasteiger partial charge in [0, 0.05) is 30.1 Å². The average Bonchev–Trinajstić information content (AvgIpc) is 3.63. The van der Waals surface area contributed by atoms with Crippen molar-refractivity contribution in [3.05, 3.63) is 93.7 Å². The molecule has 2 aromatic carbocycles. The normalized spacial score (nSPS) is 14.2. The molecule has 200 valence electrons. The summed E-state index contributed by atoms with van der Waals surface area (Å²) >= 11 is 1.30. The molecule has 0 aliphatic carbocycles. The second-order valence-electron chi connectivity index (χ2n) is 9.98. The number of carbonyl (C=O) groups excluding carboxylic acids is 2. The standard InChI is InChI=1S/C31H26FN5O2S/c1-19-6-4-7-23(32)28(19)35-30(38)26-17-21-12-15-37(25-16-20(18-33)10-11-22(25)29(21)40-26)31(39)24-8-5-9-27(34-24)36-13-2-3-14-36/h4-11,16-17H,2-3,12-15H2,1H3,(H,35,38). The van der Waals surface area contributed by atoms with E-state index in [1.54, 1.807) is 42.2 Å². The fourth-order valence-corrected chi connectivity index (χ4v) is 6.44. The van der Waals surface area contributed by atoms with Gasteiger partial charge in [-0.05, 0) is 73.7 Å². The van der Waals surface area contributed by atoms with Crippen molar-refractivity contribution in [3.8, 4) is 16.5 Å². The molecular formula is C31H26FN5O2S. The van der Waals surface area contributed by atoms with Gasteiger partial charge in [0.15, 0.2) is 0 Å². The first-order chi connectivity index (χ1) is 19.4. The summed E-state index contributed by atoms with van der Waals surface area (Å²) < 4.78 is 14.4. The monoisotopic (exact) mass is 551 g/mol. The SMILES string of the molecule is Cc1cccc(F)c1NC(=O)c1cc2c(s1)-c1ccc(C#N)cc1N(C(=O)c1cccc(N3CCCC3)n1)CC2. The first kappa shape index (κ1) is 25.7. The number of nitrogens with zero attached hydrogens (tertiary/aromatic N) is 4. The van der Waals surface area contributed by atoms with E-state index in [9.17, 15) is 19.2 Å². The minimum atomic E-state index is -0.489. The van der Waals surface area contributed by atoms with E-state index in [1.165, 1.54) is 17.4 Å². The van der Waals surface area contributed by atoms with Gasteiger partial charge in [-0.2, -0.15) is 5.26 Å². The van der Waals surface area contributed by atoms with Crippen LogP contribution in [-0.2, 0) is 6.42 Å². The van der Waals surface area contributed by atoms with Gasteiger partial charge in [-0.3, -0.25) is 9.59 Å². The number of aryl methyl sites for hydroxylation is 1. The van der Waals surface area contributed by atoms with E-state index in [4.69, 9.17) is 4.98 Å². The van der Waals surface area contributed by atoms with Crippen molar-refractivity contribution in [1.82, 2.24) is 4.98 Å². The quantitative estimate of drug-likeness (QED) is 0.327. The van der Waals surface area contributed by atoms with Gasteiger partial charge < -0.3 is 15.1 Å². The van der Waals surface area contributed by atoms with Crippen molar-refractivity contribution in [3.63, 3.8) is 0 Å². The number of aromatic nitrogens is 1. The van der Waals surface area contributed by atoms with Gasteiger partial charge in [0.1, 0.15) is 17.3 Å². The predicted octanol–water partition coefficient (Wildman–Crippen LogP) is 6.18. The number of rotatable bonds is 4. The third-order valence-corrected chi connectivity index (χ3v) is 8.60. The summed E-state index contributed by atoms with van der Waals surface area (Å²) in [5.74, 6) is -0.320. The van der Waals surface area contributed by atoms with E-state index in [1.807, 2.05) is 24.3 Å². The number of amides is 2. The van der Waals surface area contributed by atoms with Crippen LogP contribution >= 0.6 is 11.3 Å². The Morgan fingerprint density at radius 2 is 1.85 bits per heavy atom. The van der Waals surface area contributed by atoms with Crippen molar-refractivity contribution in [2.24, 2.45) is 0 Å². The van der Waals surface area contributed by atoms with Crippen LogP contribution < -0.4 is 15.1 Å². The van der Waals surface area contributed by atoms with E-state index in [0.29, 0.717) is 40.4 Å². The van der Waals surface area contributed by atoms with Gasteiger partial charge in [-0.15, -0.1) is 11.3 Å². The Morgan fingerprint density at radius 1 is 1.05 bits per heavy atom. The van der Waals surface area contributed by atoms with E-state index in [0.717, 1.165) is 47.8 Å². The van der Waals surface area contributed by atoms with Crippen molar-refractivity contribution in [2.75, 3.05) is 34.8 Å². The van der Waals surface area contributed by atoms with Crippen molar-refractivity contribution in [2.45, 2.75) is 26.2 Å². The highest BCUT2D eigenvalue weighted by Crippen LogP contribution is 2.42. The number of pyridine rings is 1. The Bertz CT molecular complexity index is 1670. The number of carbonyl (C=O) groups is 2. The predicted molar refractivity (Wildman–Crippen MR) is 155 cm³/mol. The molecule has 2 aliphatic rings. The molecule has 1 N–H and O–H groups in total. The van der Waals surface area contributed by atoms with Gasteiger partial charge in [0.25, 0.3) is 11.8 Å². The Balaban J connectivity index is 1.35. The number of halogens is 1. The molecule has 4 heterocycles. The number of para-hydroxylation sites is 1. The van der Waals surface area contributed by atoms with Crippen LogP contribution in [0.1, 0.15) is 49.7 Å². The largest absolute Gasteiger partial charge is 0.357 e. The zero-order valence-corrected chi connectivity index (χ0v) is 22.7. The summed E-state index contributed by atoms with van der Waals surface area (Å²) in [5.41, 5.74) is 3.87. The van der Waals surface area contributed by atoms with Gasteiger partial charge in [-0.1, -0.05) is 24.3 Å². The highest BCUT2D eigenvalue weighted by atomic mass is 32.1. The lowest BCUT2D eigenvalue weighted by atomic mass is 10.0. The molecule has 2 aliphatic heterocycles. The summed E-state index contributed by atoms with van der Waals surface area (Å²) in [6.45, 7) is 3.95. The molecule has 2 amide bonds. The summed E-state index contributed by atoms with van der Waals surface area (Å²) in [7, 11) is 0. The van der Waals surface area contributed by atoms with Crippen molar-refractivity contribution in [1.29, 1.82) is 5.26 Å². The third-order valence-electron chi connectivity index (χ3n) is 7.39. The molecule has 6 rings (SSSR count). The second-order valence-corrected chi connectivity index (χ2v) is 11.0. The van der Waals surface area contributed by atoms with Gasteiger partial charge in [0.05, 0.1) is 27.9 Å². The third kappa shape index (κ3) is 4.71. The zero-order valence-electron chi connectivity index (χ0n) is 21.9. The fourth-order valence-electron chi connectivity index (χ4n) is 5.30. The molecule has 0 saturated carbocycles. The minimum absolute atomic E-state index is 0.163. The molecule has 0 bridgehead atoms. The molecule has 0 unspecified atom stereocenters. The summed E-state index contributed by atoms with van der Waals surface area (Å²) in [6, 6.07) is 19.4. The molecule has 7 nitrogen and oxygen atoms in total. The number of thiophene rings is 1. The maximum Gasteiger partial charge on any atom is 0.276 e. The molecule has 0 atom stereocenters. The highest BCUT2D eigenvalue weighted by Gasteiger charge is 2.29. The smallest absolute Gasteiger partial charge is 0.276 e. The summed E-state index contributed by atoms with van der Waals surface area (Å²) in [6.07, 6.45) is 2.73. The lowest BCUT2D eigenvalue weighted by Crippen LogP contribution is -2.33.